The zero-order chi connectivity index (χ0) is 16.5. The van der Waals surface area contributed by atoms with Gasteiger partial charge in [0.05, 0.1) is 16.9 Å². The summed E-state index contributed by atoms with van der Waals surface area (Å²) in [6, 6.07) is 4.47. The van der Waals surface area contributed by atoms with Gasteiger partial charge in [-0.05, 0) is 45.3 Å². The number of amides is 1. The fraction of sp³-hybridized carbons (Fsp3) is 0.533. The number of carbonyl (C=O) groups is 1. The predicted octanol–water partition coefficient (Wildman–Crippen LogP) is 1.71. The van der Waals surface area contributed by atoms with Gasteiger partial charge in [0.15, 0.2) is 0 Å². The van der Waals surface area contributed by atoms with Crippen molar-refractivity contribution < 1.29 is 23.2 Å². The van der Waals surface area contributed by atoms with E-state index >= 15 is 0 Å². The molecule has 0 aromatic heterocycles. The number of carbonyl (C=O) groups excluding carboxylic acids is 1. The molecule has 7 heteroatoms. The third-order valence-electron chi connectivity index (χ3n) is 4.07. The molecule has 1 amide bonds. The van der Waals surface area contributed by atoms with Crippen molar-refractivity contribution in [3.05, 3.63) is 24.0 Å². The molecule has 22 heavy (non-hydrogen) atoms. The predicted molar refractivity (Wildman–Crippen MR) is 82.6 cm³/mol. The minimum Gasteiger partial charge on any atom is -0.399 e. The lowest BCUT2D eigenvalue weighted by molar-refractivity contribution is -0.119. The maximum absolute atomic E-state index is 14.1. The van der Waals surface area contributed by atoms with Crippen molar-refractivity contribution in [3.63, 3.8) is 0 Å². The Bertz CT molecular complexity index is 561. The van der Waals surface area contributed by atoms with Crippen LogP contribution < -0.4 is 10.8 Å². The maximum Gasteiger partial charge on any atom is 0.494 e. The summed E-state index contributed by atoms with van der Waals surface area (Å²) in [7, 11) is 0.764. The van der Waals surface area contributed by atoms with E-state index in [1.807, 2.05) is 27.7 Å². The molecule has 1 aromatic rings. The van der Waals surface area contributed by atoms with E-state index in [9.17, 15) is 9.18 Å². The van der Waals surface area contributed by atoms with Gasteiger partial charge >= 0.3 is 7.12 Å². The summed E-state index contributed by atoms with van der Waals surface area (Å²) in [6.45, 7) is 7.61. The highest BCUT2D eigenvalue weighted by molar-refractivity contribution is 6.62. The molecule has 1 aromatic carbocycles. The van der Waals surface area contributed by atoms with Gasteiger partial charge in [-0.3, -0.25) is 4.79 Å². The Morgan fingerprint density at radius 2 is 1.86 bits per heavy atom. The van der Waals surface area contributed by atoms with Crippen LogP contribution in [0.3, 0.4) is 0 Å². The third-order valence-corrected chi connectivity index (χ3v) is 4.07. The molecular weight excluding hydrogens is 288 g/mol. The van der Waals surface area contributed by atoms with Crippen LogP contribution >= 0.6 is 0 Å². The number of anilines is 1. The molecule has 0 unspecified atom stereocenters. The molecule has 1 N–H and O–H groups in total. The molecule has 2 rings (SSSR count). The van der Waals surface area contributed by atoms with Crippen LogP contribution in [0.1, 0.15) is 27.7 Å². The minimum atomic E-state index is -0.636. The second-order valence-corrected chi connectivity index (χ2v) is 6.31. The molecule has 120 valence electrons. The standard InChI is InChI=1S/C15H21BFNO4/c1-14(2)15(3,4)22-16(21-14)10-6-7-12(11(17)8-10)18-13(19)9-20-5/h6-8H,9H2,1-5H3,(H,18,19). The van der Waals surface area contributed by atoms with Crippen molar-refractivity contribution in [2.24, 2.45) is 0 Å². The van der Waals surface area contributed by atoms with E-state index in [2.05, 4.69) is 5.32 Å². The first-order valence-electron chi connectivity index (χ1n) is 7.10. The number of nitrogens with one attached hydrogen (secondary N) is 1. The van der Waals surface area contributed by atoms with E-state index < -0.39 is 30.0 Å². The number of rotatable bonds is 4. The number of ether oxygens (including phenoxy) is 1. The SMILES string of the molecule is COCC(=O)Nc1ccc(B2OC(C)(C)C(C)(C)O2)cc1F. The highest BCUT2D eigenvalue weighted by Gasteiger charge is 2.51. The Labute approximate surface area is 130 Å². The fourth-order valence-corrected chi connectivity index (χ4v) is 2.08. The van der Waals surface area contributed by atoms with Crippen molar-refractivity contribution in [1.82, 2.24) is 0 Å². The second kappa shape index (κ2) is 5.99. The molecule has 1 fully saturated rings. The number of hydrogen-bond donors (Lipinski definition) is 1. The summed E-state index contributed by atoms with van der Waals surface area (Å²) in [5.74, 6) is -0.957. The first-order valence-corrected chi connectivity index (χ1v) is 7.10. The zero-order valence-corrected chi connectivity index (χ0v) is 13.5. The molecule has 0 aliphatic carbocycles. The van der Waals surface area contributed by atoms with Crippen molar-refractivity contribution in [2.75, 3.05) is 19.0 Å². The first kappa shape index (κ1) is 16.9. The van der Waals surface area contributed by atoms with E-state index in [1.54, 1.807) is 6.07 Å². The van der Waals surface area contributed by atoms with E-state index in [0.29, 0.717) is 5.46 Å². The quantitative estimate of drug-likeness (QED) is 0.860. The number of benzene rings is 1. The fourth-order valence-electron chi connectivity index (χ4n) is 2.08. The third kappa shape index (κ3) is 3.32. The Kier molecular flexibility index (Phi) is 4.61. The highest BCUT2D eigenvalue weighted by Crippen LogP contribution is 2.36. The first-order chi connectivity index (χ1) is 10.2. The number of halogens is 1. The van der Waals surface area contributed by atoms with Crippen molar-refractivity contribution in [1.29, 1.82) is 0 Å². The Morgan fingerprint density at radius 3 is 2.36 bits per heavy atom. The minimum absolute atomic E-state index is 0.0994. The van der Waals surface area contributed by atoms with Crippen molar-refractivity contribution in [2.45, 2.75) is 38.9 Å². The monoisotopic (exact) mass is 309 g/mol. The lowest BCUT2D eigenvalue weighted by atomic mass is 9.79. The highest BCUT2D eigenvalue weighted by atomic mass is 19.1. The van der Waals surface area contributed by atoms with Crippen LogP contribution in [0.15, 0.2) is 18.2 Å². The lowest BCUT2D eigenvalue weighted by Gasteiger charge is -2.32. The van der Waals surface area contributed by atoms with Gasteiger partial charge in [-0.15, -0.1) is 0 Å². The van der Waals surface area contributed by atoms with E-state index in [4.69, 9.17) is 14.0 Å². The van der Waals surface area contributed by atoms with Gasteiger partial charge in [0.25, 0.3) is 0 Å². The maximum atomic E-state index is 14.1. The van der Waals surface area contributed by atoms with Crippen molar-refractivity contribution >= 4 is 24.2 Å². The van der Waals surface area contributed by atoms with Gasteiger partial charge in [-0.25, -0.2) is 4.39 Å². The molecule has 1 aliphatic heterocycles. The largest absolute Gasteiger partial charge is 0.494 e. The Balaban J connectivity index is 2.15. The molecule has 1 saturated heterocycles. The van der Waals surface area contributed by atoms with E-state index in [-0.39, 0.29) is 12.3 Å². The summed E-state index contributed by atoms with van der Waals surface area (Å²) >= 11 is 0. The number of methoxy groups -OCH3 is 1. The molecule has 0 bridgehead atoms. The molecule has 1 heterocycles. The summed E-state index contributed by atoms with van der Waals surface area (Å²) in [4.78, 5) is 11.4. The Morgan fingerprint density at radius 1 is 1.27 bits per heavy atom. The van der Waals surface area contributed by atoms with Gasteiger partial charge in [0.1, 0.15) is 12.4 Å². The molecule has 1 aliphatic rings. The van der Waals surface area contributed by atoms with Gasteiger partial charge in [0.2, 0.25) is 5.91 Å². The topological polar surface area (TPSA) is 56.8 Å². The van der Waals surface area contributed by atoms with Crippen LogP contribution in [0.5, 0.6) is 0 Å². The molecular formula is C15H21BFNO4. The number of hydrogen-bond acceptors (Lipinski definition) is 4. The molecule has 5 nitrogen and oxygen atoms in total. The Hall–Kier alpha value is -1.44. The van der Waals surface area contributed by atoms with Crippen LogP contribution in [-0.4, -0.2) is 37.9 Å². The van der Waals surface area contributed by atoms with Crippen LogP contribution in [0.25, 0.3) is 0 Å². The average Bonchev–Trinajstić information content (AvgIpc) is 2.61. The molecule has 0 radical (unpaired) electrons. The summed E-state index contributed by atoms with van der Waals surface area (Å²) in [5.41, 5.74) is -0.304. The lowest BCUT2D eigenvalue weighted by Crippen LogP contribution is -2.41. The smallest absolute Gasteiger partial charge is 0.399 e. The van der Waals surface area contributed by atoms with E-state index in [1.165, 1.54) is 19.2 Å². The normalized spacial score (nSPS) is 19.3. The molecule has 0 spiro atoms. The molecule has 0 atom stereocenters. The van der Waals surface area contributed by atoms with Gasteiger partial charge in [-0.2, -0.15) is 0 Å². The summed E-state index contributed by atoms with van der Waals surface area (Å²) in [5, 5.41) is 2.44. The van der Waals surface area contributed by atoms with Crippen LogP contribution in [0.4, 0.5) is 10.1 Å². The summed E-state index contributed by atoms with van der Waals surface area (Å²) < 4.78 is 30.6. The average molecular weight is 309 g/mol. The molecule has 0 saturated carbocycles. The van der Waals surface area contributed by atoms with Gasteiger partial charge in [0, 0.05) is 7.11 Å². The van der Waals surface area contributed by atoms with Crippen LogP contribution in [0.2, 0.25) is 0 Å². The summed E-state index contributed by atoms with van der Waals surface area (Å²) in [6.07, 6.45) is 0. The second-order valence-electron chi connectivity index (χ2n) is 6.31. The van der Waals surface area contributed by atoms with Gasteiger partial charge in [-0.1, -0.05) is 6.07 Å². The van der Waals surface area contributed by atoms with Crippen LogP contribution in [0, 0.1) is 5.82 Å². The van der Waals surface area contributed by atoms with Crippen LogP contribution in [-0.2, 0) is 18.8 Å². The van der Waals surface area contributed by atoms with Crippen molar-refractivity contribution in [3.8, 4) is 0 Å². The zero-order valence-electron chi connectivity index (χ0n) is 13.5. The van der Waals surface area contributed by atoms with E-state index in [0.717, 1.165) is 0 Å². The van der Waals surface area contributed by atoms with Gasteiger partial charge < -0.3 is 19.4 Å².